The molecule has 0 amide bonds. The summed E-state index contributed by atoms with van der Waals surface area (Å²) in [5.74, 6) is 0.920. The number of rotatable bonds is 5. The van der Waals surface area contributed by atoms with Gasteiger partial charge in [0.15, 0.2) is 0 Å². The molecule has 0 unspecified atom stereocenters. The van der Waals surface area contributed by atoms with Crippen molar-refractivity contribution < 1.29 is 4.74 Å². The van der Waals surface area contributed by atoms with E-state index in [9.17, 15) is 0 Å². The molecule has 0 spiro atoms. The molecule has 0 heterocycles. The molecule has 0 atom stereocenters. The first kappa shape index (κ1) is 18.1. The third-order valence-electron chi connectivity index (χ3n) is 2.94. The summed E-state index contributed by atoms with van der Waals surface area (Å²) in [6.45, 7) is 13.2. The summed E-state index contributed by atoms with van der Waals surface area (Å²) in [5.41, 5.74) is 4.19. The van der Waals surface area contributed by atoms with Crippen LogP contribution in [0, 0.1) is 0 Å². The average molecular weight is 394 g/mol. The fraction of sp³-hybridized carbons (Fsp3) is 0.368. The van der Waals surface area contributed by atoms with E-state index in [0.29, 0.717) is 0 Å². The molecule has 114 valence electrons. The van der Waals surface area contributed by atoms with Gasteiger partial charge in [-0.1, -0.05) is 0 Å². The van der Waals surface area contributed by atoms with E-state index < -0.39 is 18.8 Å². The van der Waals surface area contributed by atoms with Crippen molar-refractivity contribution in [2.75, 3.05) is 7.11 Å². The second-order valence-electron chi connectivity index (χ2n) is 6.15. The van der Waals surface area contributed by atoms with Gasteiger partial charge in [-0.15, -0.1) is 0 Å². The second-order valence-corrected chi connectivity index (χ2v) is 14.6. The van der Waals surface area contributed by atoms with Crippen molar-refractivity contribution in [3.8, 4) is 5.75 Å². The topological polar surface area (TPSA) is 9.23 Å². The van der Waals surface area contributed by atoms with Crippen LogP contribution >= 0.6 is 0 Å². The molecule has 0 aromatic heterocycles. The normalized spacial score (nSPS) is 10.6. The Balaban J connectivity index is 3.57. The molecule has 0 aliphatic rings. The summed E-state index contributed by atoms with van der Waals surface area (Å²) in [5, 5.41) is 0. The maximum absolute atomic E-state index is 5.30. The van der Waals surface area contributed by atoms with Gasteiger partial charge in [0.1, 0.15) is 0 Å². The molecule has 0 N–H and O–H groups in total. The van der Waals surface area contributed by atoms with Crippen molar-refractivity contribution in [2.45, 2.75) is 41.5 Å². The number of methoxy groups -OCH3 is 1. The van der Waals surface area contributed by atoms with Crippen molar-refractivity contribution in [1.29, 1.82) is 0 Å². The number of benzene rings is 1. The minimum absolute atomic E-state index is 0.920. The molecule has 0 radical (unpaired) electrons. The molecule has 0 aliphatic carbocycles. The van der Waals surface area contributed by atoms with Crippen molar-refractivity contribution in [3.63, 3.8) is 0 Å². The molecule has 1 nitrogen and oxygen atoms in total. The van der Waals surface area contributed by atoms with Gasteiger partial charge in [-0.2, -0.15) is 0 Å². The summed E-state index contributed by atoms with van der Waals surface area (Å²) in [6.07, 6.45) is 0. The van der Waals surface area contributed by atoms with Gasteiger partial charge in [0.05, 0.1) is 0 Å². The van der Waals surface area contributed by atoms with Crippen LogP contribution in [0.2, 0.25) is 0 Å². The van der Waals surface area contributed by atoms with E-state index in [-0.39, 0.29) is 0 Å². The van der Waals surface area contributed by atoms with E-state index in [1.165, 1.54) is 20.2 Å². The molecule has 0 bridgehead atoms. The number of allylic oxidation sites excluding steroid dienone is 3. The van der Waals surface area contributed by atoms with Crippen molar-refractivity contribution in [1.82, 2.24) is 0 Å². The van der Waals surface area contributed by atoms with Crippen LogP contribution in [0.15, 0.2) is 53.1 Å². The van der Waals surface area contributed by atoms with Gasteiger partial charge in [-0.3, -0.25) is 0 Å². The molecule has 1 rings (SSSR count). The number of hydrogen-bond acceptors (Lipinski definition) is 1. The average Bonchev–Trinajstić information content (AvgIpc) is 2.36. The Morgan fingerprint density at radius 3 is 1.43 bits per heavy atom. The number of ether oxygens (including phenoxy) is 1. The molecule has 21 heavy (non-hydrogen) atoms. The Kier molecular flexibility index (Phi) is 6.81. The zero-order valence-electron chi connectivity index (χ0n) is 14.4. The van der Waals surface area contributed by atoms with E-state index in [0.717, 1.165) is 5.75 Å². The van der Waals surface area contributed by atoms with Gasteiger partial charge >= 0.3 is 135 Å². The van der Waals surface area contributed by atoms with Crippen LogP contribution in [-0.4, -0.2) is 25.9 Å². The van der Waals surface area contributed by atoms with E-state index in [1.54, 1.807) is 7.11 Å². The second kappa shape index (κ2) is 7.89. The van der Waals surface area contributed by atoms with Crippen LogP contribution in [0.4, 0.5) is 0 Å². The predicted octanol–water partition coefficient (Wildman–Crippen LogP) is 4.87. The van der Waals surface area contributed by atoms with Crippen LogP contribution in [-0.2, 0) is 0 Å². The molecule has 2 heteroatoms. The summed E-state index contributed by atoms with van der Waals surface area (Å²) in [7, 11) is 1.72. The molecule has 1 aromatic rings. The van der Waals surface area contributed by atoms with Gasteiger partial charge in [0.2, 0.25) is 0 Å². The van der Waals surface area contributed by atoms with Gasteiger partial charge < -0.3 is 0 Å². The fourth-order valence-corrected chi connectivity index (χ4v) is 13.6. The quantitative estimate of drug-likeness (QED) is 0.648. The van der Waals surface area contributed by atoms with Crippen molar-refractivity contribution >= 4 is 22.3 Å². The van der Waals surface area contributed by atoms with E-state index in [4.69, 9.17) is 4.74 Å². The third kappa shape index (κ3) is 5.40. The van der Waals surface area contributed by atoms with E-state index in [1.807, 2.05) is 0 Å². The Bertz CT molecular complexity index is 504. The molecular weight excluding hydrogens is 366 g/mol. The van der Waals surface area contributed by atoms with E-state index >= 15 is 0 Å². The molecule has 0 saturated carbocycles. The maximum atomic E-state index is 5.30. The van der Waals surface area contributed by atoms with Crippen molar-refractivity contribution in [2.24, 2.45) is 0 Å². The Morgan fingerprint density at radius 2 is 1.14 bits per heavy atom. The third-order valence-corrected chi connectivity index (χ3v) is 14.4. The van der Waals surface area contributed by atoms with Crippen LogP contribution < -0.4 is 8.25 Å². The van der Waals surface area contributed by atoms with Gasteiger partial charge in [0, 0.05) is 0 Å². The van der Waals surface area contributed by atoms with Crippen LogP contribution in [0.5, 0.6) is 5.75 Å². The van der Waals surface area contributed by atoms with Crippen LogP contribution in [0.1, 0.15) is 41.5 Å². The van der Waals surface area contributed by atoms with E-state index in [2.05, 4.69) is 77.9 Å². The van der Waals surface area contributed by atoms with Gasteiger partial charge in [-0.25, -0.2) is 0 Å². The Labute approximate surface area is 134 Å². The Hall–Kier alpha value is -0.942. The Morgan fingerprint density at radius 1 is 0.762 bits per heavy atom. The van der Waals surface area contributed by atoms with Crippen LogP contribution in [0.25, 0.3) is 0 Å². The van der Waals surface area contributed by atoms with Crippen LogP contribution in [0.3, 0.4) is 0 Å². The van der Waals surface area contributed by atoms with Gasteiger partial charge in [0.25, 0.3) is 0 Å². The monoisotopic (exact) mass is 393 g/mol. The molecule has 1 aromatic carbocycles. The van der Waals surface area contributed by atoms with Crippen molar-refractivity contribution in [3.05, 3.63) is 53.1 Å². The van der Waals surface area contributed by atoms with Gasteiger partial charge in [-0.05, 0) is 0 Å². The summed E-state index contributed by atoms with van der Waals surface area (Å²) >= 11 is -2.71. The zero-order valence-corrected chi connectivity index (χ0v) is 16.9. The number of hydrogen-bond donors (Lipinski definition) is 0. The molecule has 0 fully saturated rings. The summed E-state index contributed by atoms with van der Waals surface area (Å²) in [6, 6.07) is 8.63. The molecule has 0 aliphatic heterocycles. The minimum atomic E-state index is -2.71. The summed E-state index contributed by atoms with van der Waals surface area (Å²) in [4.78, 5) is 0. The molecule has 0 saturated heterocycles. The first-order valence-electron chi connectivity index (χ1n) is 7.30. The standard InChI is InChI=1S/C7H7O.3C4H7.Sb/c1-8-7-5-3-2-4-6-7;3*1-4(2)3;/h3-6H,1H3;3*1H,2-3H3;/q;;;;+1. The summed E-state index contributed by atoms with van der Waals surface area (Å²) < 4.78 is 14.3. The zero-order chi connectivity index (χ0) is 16.0. The first-order valence-corrected chi connectivity index (χ1v) is 13.0. The SMILES string of the molecule is COc1cc[c]([Sb+]([CH]=C(C)C)([CH]=C(C)C)[CH]=C(C)C)cc1. The molecular formula is C19H28OSb+. The fourth-order valence-electron chi connectivity index (χ4n) is 2.46. The predicted molar refractivity (Wildman–Crippen MR) is 96.7 cm³/mol. The first-order chi connectivity index (χ1) is 9.79.